The van der Waals surface area contributed by atoms with Crippen molar-refractivity contribution in [2.24, 2.45) is 0 Å². The van der Waals surface area contributed by atoms with Crippen LogP contribution in [-0.2, 0) is 21.2 Å². The van der Waals surface area contributed by atoms with E-state index in [-0.39, 0.29) is 29.0 Å². The van der Waals surface area contributed by atoms with Crippen LogP contribution in [0.1, 0.15) is 36.8 Å². The Hall–Kier alpha value is -2.59. The molecule has 8 nitrogen and oxygen atoms in total. The van der Waals surface area contributed by atoms with Gasteiger partial charge >= 0.3 is 6.03 Å². The van der Waals surface area contributed by atoms with Crippen molar-refractivity contribution in [2.75, 3.05) is 13.7 Å². The molecule has 2 aromatic rings. The summed E-state index contributed by atoms with van der Waals surface area (Å²) >= 11 is 1.55. The van der Waals surface area contributed by atoms with Gasteiger partial charge in [-0.2, -0.15) is 0 Å². The first-order chi connectivity index (χ1) is 13.8. The number of carbonyl (C=O) groups excluding carboxylic acids is 2. The van der Waals surface area contributed by atoms with Crippen LogP contribution in [0.25, 0.3) is 0 Å². The largest absolute Gasteiger partial charge is 0.492 e. The molecular weight excluding hydrogens is 414 g/mol. The molecule has 0 aliphatic heterocycles. The van der Waals surface area contributed by atoms with Crippen molar-refractivity contribution < 1.29 is 22.7 Å². The quantitative estimate of drug-likeness (QED) is 0.556. The van der Waals surface area contributed by atoms with Gasteiger partial charge in [0.15, 0.2) is 0 Å². The number of sulfonamides is 1. The number of thiophene rings is 1. The van der Waals surface area contributed by atoms with E-state index in [1.165, 1.54) is 19.2 Å². The van der Waals surface area contributed by atoms with E-state index in [2.05, 4.69) is 10.6 Å². The van der Waals surface area contributed by atoms with Gasteiger partial charge in [-0.15, -0.1) is 11.3 Å². The second-order valence-corrected chi connectivity index (χ2v) is 8.93. The molecule has 0 saturated carbocycles. The summed E-state index contributed by atoms with van der Waals surface area (Å²) in [5.41, 5.74) is 0.488. The van der Waals surface area contributed by atoms with Crippen LogP contribution in [0, 0.1) is 0 Å². The van der Waals surface area contributed by atoms with E-state index >= 15 is 0 Å². The zero-order valence-corrected chi connectivity index (χ0v) is 18.2. The van der Waals surface area contributed by atoms with Crippen LogP contribution in [0.2, 0.25) is 0 Å². The maximum Gasteiger partial charge on any atom is 0.328 e. The zero-order valence-electron chi connectivity index (χ0n) is 16.5. The third kappa shape index (κ3) is 6.47. The Morgan fingerprint density at radius 1 is 1.24 bits per heavy atom. The molecule has 3 N–H and O–H groups in total. The lowest BCUT2D eigenvalue weighted by Crippen LogP contribution is -2.37. The molecule has 1 aromatic carbocycles. The minimum absolute atomic E-state index is 0.00767. The summed E-state index contributed by atoms with van der Waals surface area (Å²) in [4.78, 5) is 24.7. The maximum atomic E-state index is 12.6. The highest BCUT2D eigenvalue weighted by Crippen LogP contribution is 2.26. The predicted octanol–water partition coefficient (Wildman–Crippen LogP) is 2.57. The predicted molar refractivity (Wildman–Crippen MR) is 112 cm³/mol. The first kappa shape index (κ1) is 22.7. The molecule has 1 unspecified atom stereocenters. The van der Waals surface area contributed by atoms with Crippen LogP contribution in [0.4, 0.5) is 4.79 Å². The average molecular weight is 440 g/mol. The van der Waals surface area contributed by atoms with Crippen molar-refractivity contribution in [2.45, 2.75) is 37.6 Å². The van der Waals surface area contributed by atoms with E-state index < -0.39 is 16.1 Å². The third-order valence-electron chi connectivity index (χ3n) is 3.93. The van der Waals surface area contributed by atoms with Gasteiger partial charge in [0, 0.05) is 11.9 Å². The van der Waals surface area contributed by atoms with Crippen LogP contribution >= 0.6 is 11.3 Å². The van der Waals surface area contributed by atoms with E-state index in [1.54, 1.807) is 17.4 Å². The monoisotopic (exact) mass is 439 g/mol. The van der Waals surface area contributed by atoms with Gasteiger partial charge in [0.2, 0.25) is 5.91 Å². The number of carbonyl (C=O) groups is 2. The van der Waals surface area contributed by atoms with Crippen LogP contribution in [0.3, 0.4) is 0 Å². The Morgan fingerprint density at radius 3 is 2.62 bits per heavy atom. The molecule has 10 heteroatoms. The minimum atomic E-state index is -4.17. The first-order valence-electron chi connectivity index (χ1n) is 9.09. The molecule has 3 amide bonds. The Labute approximate surface area is 174 Å². The van der Waals surface area contributed by atoms with Gasteiger partial charge in [-0.05, 0) is 42.5 Å². The SMILES string of the molecule is CCCOc1ccc(CC(=O)NC(C)c2cccs2)cc1S(=O)(=O)NC(=O)NC. The van der Waals surface area contributed by atoms with Crippen LogP contribution in [-0.4, -0.2) is 34.0 Å². The average Bonchev–Trinajstić information content (AvgIpc) is 3.21. The second-order valence-electron chi connectivity index (χ2n) is 6.30. The number of benzene rings is 1. The van der Waals surface area contributed by atoms with Crippen molar-refractivity contribution in [1.29, 1.82) is 0 Å². The number of amides is 3. The molecule has 0 saturated heterocycles. The minimum Gasteiger partial charge on any atom is -0.492 e. The summed E-state index contributed by atoms with van der Waals surface area (Å²) in [7, 11) is -2.85. The van der Waals surface area contributed by atoms with Gasteiger partial charge < -0.3 is 15.4 Å². The highest BCUT2D eigenvalue weighted by Gasteiger charge is 2.23. The Kier molecular flexibility index (Phi) is 8.03. The van der Waals surface area contributed by atoms with Gasteiger partial charge in [0.05, 0.1) is 19.1 Å². The van der Waals surface area contributed by atoms with Crippen molar-refractivity contribution in [3.63, 3.8) is 0 Å². The van der Waals surface area contributed by atoms with Gasteiger partial charge in [-0.1, -0.05) is 19.1 Å². The normalized spacial score (nSPS) is 12.1. The molecule has 1 atom stereocenters. The molecule has 0 bridgehead atoms. The molecule has 0 fully saturated rings. The van der Waals surface area contributed by atoms with Gasteiger partial charge in [-0.3, -0.25) is 4.79 Å². The number of rotatable bonds is 9. The number of hydrogen-bond donors (Lipinski definition) is 3. The Bertz CT molecular complexity index is 943. The fraction of sp³-hybridized carbons (Fsp3) is 0.368. The fourth-order valence-corrected chi connectivity index (χ4v) is 4.41. The molecule has 2 rings (SSSR count). The Morgan fingerprint density at radius 2 is 2.00 bits per heavy atom. The van der Waals surface area contributed by atoms with Crippen LogP contribution < -0.4 is 20.1 Å². The van der Waals surface area contributed by atoms with E-state index in [9.17, 15) is 18.0 Å². The molecule has 158 valence electrons. The van der Waals surface area contributed by atoms with Crippen molar-refractivity contribution in [3.05, 3.63) is 46.2 Å². The summed E-state index contributed by atoms with van der Waals surface area (Å²) < 4.78 is 32.6. The molecule has 0 aliphatic carbocycles. The standard InChI is InChI=1S/C19H25N3O5S2/c1-4-9-27-15-8-7-14(11-17(15)29(25,26)22-19(24)20-3)12-18(23)21-13(2)16-6-5-10-28-16/h5-8,10-11,13H,4,9,12H2,1-3H3,(H,21,23)(H2,20,22,24). The van der Waals surface area contributed by atoms with E-state index in [4.69, 9.17) is 4.74 Å². The van der Waals surface area contributed by atoms with Gasteiger partial charge in [0.25, 0.3) is 10.0 Å². The molecule has 1 aromatic heterocycles. The third-order valence-corrected chi connectivity index (χ3v) is 6.33. The first-order valence-corrected chi connectivity index (χ1v) is 11.5. The zero-order chi connectivity index (χ0) is 21.4. The highest BCUT2D eigenvalue weighted by atomic mass is 32.2. The smallest absolute Gasteiger partial charge is 0.328 e. The van der Waals surface area contributed by atoms with E-state index in [0.717, 1.165) is 4.88 Å². The summed E-state index contributed by atoms with van der Waals surface area (Å²) in [5, 5.41) is 7.03. The lowest BCUT2D eigenvalue weighted by Gasteiger charge is -2.15. The lowest BCUT2D eigenvalue weighted by molar-refractivity contribution is -0.121. The van der Waals surface area contributed by atoms with Crippen molar-refractivity contribution >= 4 is 33.3 Å². The van der Waals surface area contributed by atoms with E-state index in [1.807, 2.05) is 36.1 Å². The molecule has 1 heterocycles. The number of nitrogens with one attached hydrogen (secondary N) is 3. The van der Waals surface area contributed by atoms with Crippen molar-refractivity contribution in [1.82, 2.24) is 15.4 Å². The molecule has 0 aliphatic rings. The van der Waals surface area contributed by atoms with Crippen LogP contribution in [0.5, 0.6) is 5.75 Å². The van der Waals surface area contributed by atoms with E-state index in [0.29, 0.717) is 18.6 Å². The van der Waals surface area contributed by atoms with Crippen LogP contribution in [0.15, 0.2) is 40.6 Å². The summed E-state index contributed by atoms with van der Waals surface area (Å²) in [5.74, 6) is -0.116. The number of urea groups is 1. The number of ether oxygens (including phenoxy) is 1. The molecule has 29 heavy (non-hydrogen) atoms. The van der Waals surface area contributed by atoms with Crippen molar-refractivity contribution in [3.8, 4) is 5.75 Å². The number of hydrogen-bond acceptors (Lipinski definition) is 6. The highest BCUT2D eigenvalue weighted by molar-refractivity contribution is 7.90. The maximum absolute atomic E-state index is 12.6. The molecule has 0 radical (unpaired) electrons. The van der Waals surface area contributed by atoms with Gasteiger partial charge in [0.1, 0.15) is 10.6 Å². The molecule has 0 spiro atoms. The van der Waals surface area contributed by atoms with Gasteiger partial charge in [-0.25, -0.2) is 17.9 Å². The summed E-state index contributed by atoms with van der Waals surface area (Å²) in [6, 6.07) is 7.33. The fourth-order valence-electron chi connectivity index (χ4n) is 2.52. The lowest BCUT2D eigenvalue weighted by atomic mass is 10.1. The summed E-state index contributed by atoms with van der Waals surface area (Å²) in [6.07, 6.45) is 0.680. The molecular formula is C19H25N3O5S2. The topological polar surface area (TPSA) is 114 Å². The second kappa shape index (κ2) is 10.3. The Balaban J connectivity index is 2.22. The summed E-state index contributed by atoms with van der Waals surface area (Å²) in [6.45, 7) is 4.10.